The van der Waals surface area contributed by atoms with Crippen molar-refractivity contribution in [2.45, 2.75) is 32.7 Å². The van der Waals surface area contributed by atoms with E-state index in [2.05, 4.69) is 16.0 Å². The molecule has 0 fully saturated rings. The molecule has 0 radical (unpaired) electrons. The van der Waals surface area contributed by atoms with Crippen LogP contribution in [0, 0.1) is 6.92 Å². The van der Waals surface area contributed by atoms with Crippen LogP contribution in [-0.2, 0) is 14.4 Å². The lowest BCUT2D eigenvalue weighted by molar-refractivity contribution is -0.139. The number of halogens is 1. The van der Waals surface area contributed by atoms with Crippen molar-refractivity contribution in [3.8, 4) is 0 Å². The highest BCUT2D eigenvalue weighted by molar-refractivity contribution is 6.31. The third kappa shape index (κ3) is 6.55. The summed E-state index contributed by atoms with van der Waals surface area (Å²) in [6.45, 7) is 3.26. The van der Waals surface area contributed by atoms with Crippen molar-refractivity contribution in [3.63, 3.8) is 0 Å². The Balaban J connectivity index is 2.39. The number of hydrogen-bond acceptors (Lipinski definition) is 4. The summed E-state index contributed by atoms with van der Waals surface area (Å²) in [6.07, 6.45) is 1.12. The maximum atomic E-state index is 11.8. The maximum Gasteiger partial charge on any atom is 0.320 e. The van der Waals surface area contributed by atoms with Crippen molar-refractivity contribution in [2.75, 3.05) is 18.4 Å². The van der Waals surface area contributed by atoms with Gasteiger partial charge in [0, 0.05) is 10.7 Å². The third-order valence-electron chi connectivity index (χ3n) is 3.37. The second kappa shape index (κ2) is 9.89. The van der Waals surface area contributed by atoms with Gasteiger partial charge in [-0.15, -0.1) is 0 Å². The number of aliphatic carboxylic acids is 1. The second-order valence-electron chi connectivity index (χ2n) is 5.30. The average Bonchev–Trinajstić information content (AvgIpc) is 2.53. The minimum absolute atomic E-state index is 0.166. The Morgan fingerprint density at radius 1 is 1.21 bits per heavy atom. The molecule has 1 aromatic carbocycles. The van der Waals surface area contributed by atoms with E-state index in [4.69, 9.17) is 16.7 Å². The summed E-state index contributed by atoms with van der Waals surface area (Å²) in [4.78, 5) is 34.5. The van der Waals surface area contributed by atoms with Crippen LogP contribution < -0.4 is 16.0 Å². The van der Waals surface area contributed by atoms with Crippen LogP contribution >= 0.6 is 11.6 Å². The van der Waals surface area contributed by atoms with Crippen LogP contribution in [0.4, 0.5) is 5.69 Å². The Kier molecular flexibility index (Phi) is 8.21. The minimum Gasteiger partial charge on any atom is -0.480 e. The molecule has 0 heterocycles. The van der Waals surface area contributed by atoms with Gasteiger partial charge < -0.3 is 15.7 Å². The van der Waals surface area contributed by atoms with Crippen LogP contribution in [0.2, 0.25) is 5.02 Å². The van der Waals surface area contributed by atoms with Gasteiger partial charge in [-0.25, -0.2) is 0 Å². The Labute approximate surface area is 145 Å². The van der Waals surface area contributed by atoms with Gasteiger partial charge in [-0.3, -0.25) is 19.7 Å². The fraction of sp³-hybridized carbons (Fsp3) is 0.438. The first-order valence-electron chi connectivity index (χ1n) is 7.63. The molecule has 4 N–H and O–H groups in total. The quantitative estimate of drug-likeness (QED) is 0.537. The van der Waals surface area contributed by atoms with E-state index in [9.17, 15) is 14.4 Å². The van der Waals surface area contributed by atoms with E-state index in [1.54, 1.807) is 25.1 Å². The lowest BCUT2D eigenvalue weighted by Crippen LogP contribution is -2.44. The number of carboxylic acids is 1. The molecule has 2 amide bonds. The molecule has 24 heavy (non-hydrogen) atoms. The fourth-order valence-corrected chi connectivity index (χ4v) is 2.17. The molecule has 0 aliphatic rings. The smallest absolute Gasteiger partial charge is 0.320 e. The number of nitrogens with one attached hydrogen (secondary N) is 3. The summed E-state index contributed by atoms with van der Waals surface area (Å²) in [6, 6.07) is 4.37. The second-order valence-corrected chi connectivity index (χ2v) is 5.70. The molecule has 1 aromatic rings. The lowest BCUT2D eigenvalue weighted by atomic mass is 10.2. The van der Waals surface area contributed by atoms with E-state index in [1.807, 2.05) is 6.92 Å². The van der Waals surface area contributed by atoms with Crippen molar-refractivity contribution in [1.29, 1.82) is 0 Å². The van der Waals surface area contributed by atoms with Crippen LogP contribution in [0.1, 0.15) is 25.3 Å². The van der Waals surface area contributed by atoms with Crippen LogP contribution in [-0.4, -0.2) is 42.0 Å². The minimum atomic E-state index is -1.00. The molecule has 0 saturated carbocycles. The number of carbonyl (C=O) groups is 3. The van der Waals surface area contributed by atoms with Crippen molar-refractivity contribution in [3.05, 3.63) is 28.8 Å². The molecule has 0 aliphatic heterocycles. The maximum absolute atomic E-state index is 11.8. The van der Waals surface area contributed by atoms with Gasteiger partial charge >= 0.3 is 5.97 Å². The van der Waals surface area contributed by atoms with Gasteiger partial charge in [0.1, 0.15) is 6.04 Å². The molecule has 7 nitrogen and oxygen atoms in total. The molecule has 1 atom stereocenters. The van der Waals surface area contributed by atoms with Gasteiger partial charge in [-0.2, -0.15) is 0 Å². The average molecular weight is 356 g/mol. The molecule has 0 spiro atoms. The van der Waals surface area contributed by atoms with E-state index in [-0.39, 0.29) is 13.1 Å². The summed E-state index contributed by atoms with van der Waals surface area (Å²) in [5.74, 6) is -1.84. The highest BCUT2D eigenvalue weighted by Gasteiger charge is 2.17. The summed E-state index contributed by atoms with van der Waals surface area (Å²) in [5.41, 5.74) is 1.32. The van der Waals surface area contributed by atoms with Gasteiger partial charge in [-0.05, 0) is 31.0 Å². The molecule has 1 rings (SSSR count). The Morgan fingerprint density at radius 3 is 2.54 bits per heavy atom. The van der Waals surface area contributed by atoms with Crippen molar-refractivity contribution < 1.29 is 19.5 Å². The zero-order chi connectivity index (χ0) is 18.1. The van der Waals surface area contributed by atoms with Gasteiger partial charge in [-0.1, -0.05) is 31.0 Å². The Bertz CT molecular complexity index is 607. The molecular formula is C16H22ClN3O4. The normalized spacial score (nSPS) is 11.6. The van der Waals surface area contributed by atoms with Crippen LogP contribution in [0.15, 0.2) is 18.2 Å². The van der Waals surface area contributed by atoms with E-state index in [0.29, 0.717) is 23.6 Å². The highest BCUT2D eigenvalue weighted by atomic mass is 35.5. The Hall–Kier alpha value is -2.12. The first-order chi connectivity index (χ1) is 11.3. The molecule has 8 heteroatoms. The predicted octanol–water partition coefficient (Wildman–Crippen LogP) is 1.55. The fourth-order valence-electron chi connectivity index (χ4n) is 2.00. The number of rotatable bonds is 9. The van der Waals surface area contributed by atoms with Gasteiger partial charge in [0.05, 0.1) is 13.1 Å². The van der Waals surface area contributed by atoms with E-state index in [1.165, 1.54) is 0 Å². The van der Waals surface area contributed by atoms with E-state index >= 15 is 0 Å². The zero-order valence-corrected chi connectivity index (χ0v) is 14.4. The first-order valence-corrected chi connectivity index (χ1v) is 8.00. The molecule has 1 unspecified atom stereocenters. The number of benzene rings is 1. The Morgan fingerprint density at radius 2 is 1.92 bits per heavy atom. The largest absolute Gasteiger partial charge is 0.480 e. The predicted molar refractivity (Wildman–Crippen MR) is 92.2 cm³/mol. The van der Waals surface area contributed by atoms with Crippen molar-refractivity contribution in [1.82, 2.24) is 10.6 Å². The lowest BCUT2D eigenvalue weighted by Gasteiger charge is -2.13. The first kappa shape index (κ1) is 19.9. The number of hydrogen-bond donors (Lipinski definition) is 4. The number of carbonyl (C=O) groups excluding carboxylic acids is 2. The molecule has 0 aromatic heterocycles. The van der Waals surface area contributed by atoms with Gasteiger partial charge in [0.15, 0.2) is 0 Å². The van der Waals surface area contributed by atoms with E-state index in [0.717, 1.165) is 5.56 Å². The molecular weight excluding hydrogens is 334 g/mol. The van der Waals surface area contributed by atoms with Crippen molar-refractivity contribution in [2.24, 2.45) is 0 Å². The number of amides is 2. The van der Waals surface area contributed by atoms with Crippen molar-refractivity contribution >= 4 is 35.1 Å². The molecule has 0 bridgehead atoms. The summed E-state index contributed by atoms with van der Waals surface area (Å²) in [5, 5.41) is 17.3. The van der Waals surface area contributed by atoms with Crippen LogP contribution in [0.25, 0.3) is 0 Å². The number of anilines is 1. The SMILES string of the molecule is CCCC(NCC(=O)NCC(=O)Nc1cccc(Cl)c1C)C(=O)O. The van der Waals surface area contributed by atoms with E-state index < -0.39 is 23.8 Å². The summed E-state index contributed by atoms with van der Waals surface area (Å²) in [7, 11) is 0. The van der Waals surface area contributed by atoms with Crippen LogP contribution in [0.5, 0.6) is 0 Å². The monoisotopic (exact) mass is 355 g/mol. The topological polar surface area (TPSA) is 108 Å². The highest BCUT2D eigenvalue weighted by Crippen LogP contribution is 2.22. The van der Waals surface area contributed by atoms with Gasteiger partial charge in [0.25, 0.3) is 0 Å². The molecule has 0 aliphatic carbocycles. The summed E-state index contributed by atoms with van der Waals surface area (Å²) < 4.78 is 0. The molecule has 0 saturated heterocycles. The summed E-state index contributed by atoms with van der Waals surface area (Å²) >= 11 is 5.97. The van der Waals surface area contributed by atoms with Crippen LogP contribution in [0.3, 0.4) is 0 Å². The third-order valence-corrected chi connectivity index (χ3v) is 3.78. The standard InChI is InChI=1S/C16H22ClN3O4/c1-3-5-13(16(23)24)18-8-14(21)19-9-15(22)20-12-7-4-6-11(17)10(12)2/h4,6-7,13,18H,3,5,8-9H2,1-2H3,(H,19,21)(H,20,22)(H,23,24). The molecule has 132 valence electrons. The van der Waals surface area contributed by atoms with Gasteiger partial charge in [0.2, 0.25) is 11.8 Å². The zero-order valence-electron chi connectivity index (χ0n) is 13.7. The number of carboxylic acid groups (broad SMARTS) is 1.